The summed E-state index contributed by atoms with van der Waals surface area (Å²) in [6.07, 6.45) is 0. The second-order valence-corrected chi connectivity index (χ2v) is 38.1. The lowest BCUT2D eigenvalue weighted by atomic mass is 9.77. The lowest BCUT2D eigenvalue weighted by Crippen LogP contribution is -2.16. The molecule has 0 spiro atoms. The molecule has 0 atom stereocenters. The summed E-state index contributed by atoms with van der Waals surface area (Å²) in [5.74, 6) is 0.862. The van der Waals surface area contributed by atoms with Crippen LogP contribution in [0.25, 0.3) is 214 Å². The Morgan fingerprint density at radius 2 is 0.359 bits per heavy atom. The van der Waals surface area contributed by atoms with Crippen molar-refractivity contribution in [3.8, 4) is 89.6 Å². The van der Waals surface area contributed by atoms with Crippen LogP contribution in [-0.2, 0) is 16.2 Å². The summed E-state index contributed by atoms with van der Waals surface area (Å²) < 4.78 is 12.7. The molecule has 0 radical (unpaired) electrons. The number of nitrogens with zero attached hydrogens (tertiary/aromatic N) is 3. The number of aromatic nitrogens is 3. The van der Waals surface area contributed by atoms with Gasteiger partial charge in [0.15, 0.2) is 0 Å². The molecule has 0 amide bonds. The van der Waals surface area contributed by atoms with Crippen LogP contribution in [0.15, 0.2) is 431 Å². The van der Waals surface area contributed by atoms with Crippen LogP contribution >= 0.6 is 0 Å². The van der Waals surface area contributed by atoms with Crippen molar-refractivity contribution in [3.05, 3.63) is 447 Å². The Bertz CT molecular complexity index is 8260. The molecule has 4 nitrogen and oxygen atoms in total. The first-order valence-electron chi connectivity index (χ1n) is 45.9. The maximum atomic E-state index is 5.45. The van der Waals surface area contributed by atoms with Crippen molar-refractivity contribution in [2.45, 2.75) is 78.6 Å². The van der Waals surface area contributed by atoms with Crippen LogP contribution in [0.4, 0.5) is 0 Å². The van der Waals surface area contributed by atoms with Crippen molar-refractivity contribution in [1.29, 1.82) is 0 Å². The second-order valence-electron chi connectivity index (χ2n) is 38.1. The predicted molar refractivity (Wildman–Crippen MR) is 563 cm³/mol. The van der Waals surface area contributed by atoms with E-state index in [-0.39, 0.29) is 16.2 Å². The number of hydrogen-bond acceptors (Lipinski definition) is 1. The normalized spacial score (nSPS) is 12.0. The van der Waals surface area contributed by atoms with Crippen molar-refractivity contribution >= 4 is 130 Å². The summed E-state index contributed by atoms with van der Waals surface area (Å²) in [4.78, 5) is 0. The van der Waals surface area contributed by atoms with Gasteiger partial charge in [-0.3, -0.25) is 0 Å². The van der Waals surface area contributed by atoms with Gasteiger partial charge in [0.2, 0.25) is 0 Å². The van der Waals surface area contributed by atoms with E-state index in [1.165, 1.54) is 225 Å². The number of rotatable bonds is 10. The molecule has 3 aromatic heterocycles. The van der Waals surface area contributed by atoms with Gasteiger partial charge in [0.1, 0.15) is 5.75 Å². The molecule has 0 saturated heterocycles. The molecule has 0 aliphatic carbocycles. The molecule has 0 saturated carbocycles. The van der Waals surface area contributed by atoms with E-state index in [1.54, 1.807) is 7.11 Å². The van der Waals surface area contributed by atoms with Gasteiger partial charge in [0.25, 0.3) is 0 Å². The number of benzene rings is 21. The molecule has 24 aromatic rings. The van der Waals surface area contributed by atoms with Crippen LogP contribution in [0.2, 0.25) is 0 Å². The van der Waals surface area contributed by atoms with Crippen LogP contribution in [0.3, 0.4) is 0 Å². The summed E-state index contributed by atoms with van der Waals surface area (Å²) in [5.41, 5.74) is 30.2. The molecule has 0 fully saturated rings. The van der Waals surface area contributed by atoms with Crippen molar-refractivity contribution in [3.63, 3.8) is 0 Å². The molecular formula is C127H101N3O. The number of methoxy groups -OCH3 is 1. The largest absolute Gasteiger partial charge is 0.497 e. The van der Waals surface area contributed by atoms with E-state index in [4.69, 9.17) is 4.74 Å². The van der Waals surface area contributed by atoms with Crippen LogP contribution in [0.5, 0.6) is 5.75 Å². The standard InChI is InChI=1S/C46H41N.C42H33N.C39H27NO/c1-45(2,3)32-26-31(27-33(29-32)46(4,5)6)44-39-22-9-7-20-37(39)43(38-21-8-10-23-40(38)44)30-16-15-17-34(28-30)47-41-24-13-11-18-35(41)36-19-12-14-25-42(36)47;1-42(2,3)30-25-23-28(24-26-30)40-34-17-4-6-19-36(34)41(37-20-7-5-18-35(37)40)29-13-12-14-31(27-29)43-38-21-10-8-15-32(38)33-16-9-11-22-39(33)43;1-41-29-23-21-26(22-24-29)38-32-15-2-4-17-34(32)39(35-18-5-3-16-33(35)38)27-11-10-12-28(25-27)40-36-19-8-6-13-30(36)31-14-7-9-20-37(31)40/h7-29H,1-6H3;4-27H,1-3H3;2-25H,1H3. The number of ether oxygens (including phenoxy) is 1. The first-order chi connectivity index (χ1) is 63.9. The third-order valence-electron chi connectivity index (χ3n) is 27.1. The number of hydrogen-bond donors (Lipinski definition) is 0. The van der Waals surface area contributed by atoms with E-state index < -0.39 is 0 Å². The topological polar surface area (TPSA) is 24.0 Å². The minimum absolute atomic E-state index is 0.0365. The van der Waals surface area contributed by atoms with E-state index in [2.05, 4.69) is 495 Å². The molecule has 0 bridgehead atoms. The maximum Gasteiger partial charge on any atom is 0.118 e. The minimum Gasteiger partial charge on any atom is -0.497 e. The fourth-order valence-corrected chi connectivity index (χ4v) is 20.8. The third kappa shape index (κ3) is 14.3. The summed E-state index contributed by atoms with van der Waals surface area (Å²) in [5, 5.41) is 22.9. The van der Waals surface area contributed by atoms with Crippen molar-refractivity contribution in [2.24, 2.45) is 0 Å². The van der Waals surface area contributed by atoms with E-state index in [0.29, 0.717) is 0 Å². The Balaban J connectivity index is 0.000000115. The molecule has 3 heterocycles. The molecule has 630 valence electrons. The Kier molecular flexibility index (Phi) is 20.2. The highest BCUT2D eigenvalue weighted by Crippen LogP contribution is 2.51. The average Bonchev–Trinajstić information content (AvgIpc) is 1.58. The molecule has 131 heavy (non-hydrogen) atoms. The van der Waals surface area contributed by atoms with Gasteiger partial charge in [0, 0.05) is 49.4 Å². The van der Waals surface area contributed by atoms with Gasteiger partial charge in [-0.05, 0) is 249 Å². The lowest BCUT2D eigenvalue weighted by Gasteiger charge is -2.27. The fourth-order valence-electron chi connectivity index (χ4n) is 20.8. The Labute approximate surface area is 765 Å². The van der Waals surface area contributed by atoms with Crippen LogP contribution in [-0.4, -0.2) is 20.8 Å². The quantitative estimate of drug-likeness (QED) is 0.125. The highest BCUT2D eigenvalue weighted by atomic mass is 16.5. The molecule has 0 N–H and O–H groups in total. The van der Waals surface area contributed by atoms with Gasteiger partial charge >= 0.3 is 0 Å². The molecule has 4 heteroatoms. The highest BCUT2D eigenvalue weighted by Gasteiger charge is 2.27. The zero-order valence-electron chi connectivity index (χ0n) is 75.7. The third-order valence-corrected chi connectivity index (χ3v) is 27.1. The molecule has 21 aromatic carbocycles. The number of para-hydroxylation sites is 6. The van der Waals surface area contributed by atoms with Gasteiger partial charge in [-0.25, -0.2) is 0 Å². The van der Waals surface area contributed by atoms with Gasteiger partial charge < -0.3 is 18.4 Å². The smallest absolute Gasteiger partial charge is 0.118 e. The van der Waals surface area contributed by atoms with Crippen LogP contribution < -0.4 is 4.74 Å². The van der Waals surface area contributed by atoms with E-state index in [9.17, 15) is 0 Å². The zero-order chi connectivity index (χ0) is 89.0. The Morgan fingerprint density at radius 1 is 0.160 bits per heavy atom. The molecule has 0 unspecified atom stereocenters. The number of fused-ring (bicyclic) bond motifs is 15. The summed E-state index contributed by atoms with van der Waals surface area (Å²) in [7, 11) is 1.71. The van der Waals surface area contributed by atoms with Gasteiger partial charge in [-0.1, -0.05) is 408 Å². The Hall–Kier alpha value is -15.6. The van der Waals surface area contributed by atoms with Crippen LogP contribution in [0, 0.1) is 0 Å². The predicted octanol–water partition coefficient (Wildman–Crippen LogP) is 35.2. The fraction of sp³-hybridized carbons (Fsp3) is 0.102. The second kappa shape index (κ2) is 32.6. The highest BCUT2D eigenvalue weighted by molar-refractivity contribution is 6.25. The molecular weight excluding hydrogens is 1580 g/mol. The molecule has 24 rings (SSSR count). The van der Waals surface area contributed by atoms with Gasteiger partial charge in [-0.15, -0.1) is 0 Å². The Morgan fingerprint density at radius 3 is 0.580 bits per heavy atom. The SMILES string of the molecule is CC(C)(C)c1cc(-c2c3ccccc3c(-c3cccc(-n4c5ccccc5c5ccccc54)c3)c3ccccc23)cc(C(C)(C)C)c1.CC(C)(C)c1ccc(-c2c3ccccc3c(-c3cccc(-n4c5ccccc5c5ccccc54)c3)c3ccccc23)cc1.COc1ccc(-c2c3ccccc3c(-c3cccc(-n4c5ccccc5c5ccccc54)c3)c3ccccc23)cc1. The van der Waals surface area contributed by atoms with Gasteiger partial charge in [0.05, 0.1) is 40.2 Å². The lowest BCUT2D eigenvalue weighted by molar-refractivity contribution is 0.415. The monoisotopic (exact) mass is 1680 g/mol. The van der Waals surface area contributed by atoms with Crippen molar-refractivity contribution < 1.29 is 4.74 Å². The average molecular weight is 1690 g/mol. The molecule has 0 aliphatic rings. The maximum absolute atomic E-state index is 5.45. The van der Waals surface area contributed by atoms with E-state index in [1.807, 2.05) is 12.1 Å². The van der Waals surface area contributed by atoms with E-state index in [0.717, 1.165) is 11.4 Å². The van der Waals surface area contributed by atoms with Crippen LogP contribution in [0.1, 0.15) is 79.0 Å². The first-order valence-corrected chi connectivity index (χ1v) is 45.9. The van der Waals surface area contributed by atoms with Gasteiger partial charge in [-0.2, -0.15) is 0 Å². The van der Waals surface area contributed by atoms with Crippen molar-refractivity contribution in [2.75, 3.05) is 7.11 Å². The molecule has 0 aliphatic heterocycles. The first kappa shape index (κ1) is 81.2. The van der Waals surface area contributed by atoms with Crippen molar-refractivity contribution in [1.82, 2.24) is 13.7 Å². The summed E-state index contributed by atoms with van der Waals surface area (Å²) in [6, 6.07) is 158. The minimum atomic E-state index is 0.0365. The summed E-state index contributed by atoms with van der Waals surface area (Å²) >= 11 is 0. The zero-order valence-corrected chi connectivity index (χ0v) is 75.7. The summed E-state index contributed by atoms with van der Waals surface area (Å²) in [6.45, 7) is 20.7. The van der Waals surface area contributed by atoms with E-state index >= 15 is 0 Å².